The highest BCUT2D eigenvalue weighted by Gasteiger charge is 2.12. The van der Waals surface area contributed by atoms with Crippen LogP contribution in [-0.4, -0.2) is 19.8 Å². The molecule has 1 aromatic rings. The van der Waals surface area contributed by atoms with E-state index in [0.717, 1.165) is 30.8 Å². The molecule has 2 nitrogen and oxygen atoms in total. The molecule has 0 radical (unpaired) electrons. The first-order valence-corrected chi connectivity index (χ1v) is 7.06. The highest BCUT2D eigenvalue weighted by molar-refractivity contribution is 6.30. The van der Waals surface area contributed by atoms with E-state index in [1.165, 1.54) is 5.56 Å². The lowest BCUT2D eigenvalue weighted by molar-refractivity contribution is 0.106. The highest BCUT2D eigenvalue weighted by atomic mass is 35.5. The first kappa shape index (κ1) is 15.5. The lowest BCUT2D eigenvalue weighted by Gasteiger charge is -2.21. The molecule has 1 rings (SSSR count). The fraction of sp³-hybridized carbons (Fsp3) is 0.600. The Labute approximate surface area is 116 Å². The van der Waals surface area contributed by atoms with Crippen LogP contribution in [0, 0.1) is 0 Å². The molecule has 0 aromatic heterocycles. The summed E-state index contributed by atoms with van der Waals surface area (Å²) in [7, 11) is 1.76. The Kier molecular flexibility index (Phi) is 7.33. The van der Waals surface area contributed by atoms with Crippen LogP contribution in [0.3, 0.4) is 0 Å². The molecule has 0 bridgehead atoms. The monoisotopic (exact) mass is 269 g/mol. The Balaban J connectivity index is 2.65. The molecule has 0 aliphatic carbocycles. The number of rotatable bonds is 8. The molecule has 2 atom stereocenters. The summed E-state index contributed by atoms with van der Waals surface area (Å²) in [5.74, 6) is 0. The van der Waals surface area contributed by atoms with Crippen molar-refractivity contribution in [3.8, 4) is 0 Å². The summed E-state index contributed by atoms with van der Waals surface area (Å²) in [5.41, 5.74) is 1.26. The molecule has 18 heavy (non-hydrogen) atoms. The van der Waals surface area contributed by atoms with E-state index in [-0.39, 0.29) is 0 Å². The Morgan fingerprint density at radius 1 is 1.33 bits per heavy atom. The van der Waals surface area contributed by atoms with Crippen molar-refractivity contribution in [1.29, 1.82) is 0 Å². The Bertz CT molecular complexity index is 343. The number of hydrogen-bond donors (Lipinski definition) is 1. The van der Waals surface area contributed by atoms with E-state index in [2.05, 4.69) is 25.2 Å². The van der Waals surface area contributed by atoms with Gasteiger partial charge in [0.2, 0.25) is 0 Å². The maximum absolute atomic E-state index is 6.06. The van der Waals surface area contributed by atoms with E-state index in [1.54, 1.807) is 7.11 Å². The highest BCUT2D eigenvalue weighted by Crippen LogP contribution is 2.22. The van der Waals surface area contributed by atoms with Crippen LogP contribution in [0.25, 0.3) is 0 Å². The predicted octanol–water partition coefficient (Wildman–Crippen LogP) is 4.20. The van der Waals surface area contributed by atoms with Gasteiger partial charge in [-0.05, 0) is 50.4 Å². The van der Waals surface area contributed by atoms with Gasteiger partial charge in [-0.2, -0.15) is 0 Å². The van der Waals surface area contributed by atoms with Crippen molar-refractivity contribution < 1.29 is 4.74 Å². The molecule has 0 aliphatic rings. The molecule has 0 heterocycles. The maximum Gasteiger partial charge on any atom is 0.0543 e. The third-order valence-electron chi connectivity index (χ3n) is 3.16. The van der Waals surface area contributed by atoms with Crippen LogP contribution in [0.4, 0.5) is 0 Å². The van der Waals surface area contributed by atoms with Crippen LogP contribution < -0.4 is 5.32 Å². The zero-order valence-electron chi connectivity index (χ0n) is 11.6. The van der Waals surface area contributed by atoms with Gasteiger partial charge in [-0.25, -0.2) is 0 Å². The van der Waals surface area contributed by atoms with Crippen LogP contribution >= 0.6 is 11.6 Å². The van der Waals surface area contributed by atoms with Crippen LogP contribution in [0.5, 0.6) is 0 Å². The molecule has 0 fully saturated rings. The van der Waals surface area contributed by atoms with Crippen LogP contribution in [0.2, 0.25) is 5.02 Å². The second kappa shape index (κ2) is 8.52. The zero-order chi connectivity index (χ0) is 13.4. The topological polar surface area (TPSA) is 21.3 Å². The molecule has 1 aromatic carbocycles. The summed E-state index contributed by atoms with van der Waals surface area (Å²) < 4.78 is 5.31. The Morgan fingerprint density at radius 3 is 2.72 bits per heavy atom. The van der Waals surface area contributed by atoms with Gasteiger partial charge in [-0.1, -0.05) is 30.7 Å². The molecule has 0 saturated heterocycles. The largest absolute Gasteiger partial charge is 0.382 e. The van der Waals surface area contributed by atoms with E-state index in [1.807, 2.05) is 18.2 Å². The van der Waals surface area contributed by atoms with E-state index in [0.29, 0.717) is 12.1 Å². The maximum atomic E-state index is 6.06. The van der Waals surface area contributed by atoms with E-state index < -0.39 is 0 Å². The molecule has 0 spiro atoms. The zero-order valence-corrected chi connectivity index (χ0v) is 12.3. The first-order chi connectivity index (χ1) is 8.67. The lowest BCUT2D eigenvalue weighted by atomic mass is 10.0. The molecule has 0 saturated carbocycles. The van der Waals surface area contributed by atoms with Crippen molar-refractivity contribution in [1.82, 2.24) is 5.32 Å². The van der Waals surface area contributed by atoms with Crippen LogP contribution in [-0.2, 0) is 4.74 Å². The predicted molar refractivity (Wildman–Crippen MR) is 78.2 cm³/mol. The van der Waals surface area contributed by atoms with Crippen molar-refractivity contribution in [3.63, 3.8) is 0 Å². The Hall–Kier alpha value is -0.570. The van der Waals surface area contributed by atoms with Crippen molar-refractivity contribution in [2.75, 3.05) is 13.7 Å². The number of halogens is 1. The van der Waals surface area contributed by atoms with Gasteiger partial charge in [-0.3, -0.25) is 0 Å². The smallest absolute Gasteiger partial charge is 0.0543 e. The fourth-order valence-corrected chi connectivity index (χ4v) is 2.15. The van der Waals surface area contributed by atoms with Gasteiger partial charge in [0.15, 0.2) is 0 Å². The van der Waals surface area contributed by atoms with E-state index >= 15 is 0 Å². The average molecular weight is 270 g/mol. The molecule has 0 amide bonds. The number of nitrogens with one attached hydrogen (secondary N) is 1. The number of hydrogen-bond acceptors (Lipinski definition) is 2. The minimum atomic E-state index is 0.301. The minimum absolute atomic E-state index is 0.301. The van der Waals surface area contributed by atoms with Gasteiger partial charge in [0, 0.05) is 18.2 Å². The summed E-state index contributed by atoms with van der Waals surface area (Å²) in [5, 5.41) is 4.38. The van der Waals surface area contributed by atoms with Crippen molar-refractivity contribution in [3.05, 3.63) is 34.9 Å². The number of methoxy groups -OCH3 is 1. The molecule has 3 heteroatoms. The summed E-state index contributed by atoms with van der Waals surface area (Å²) in [6.45, 7) is 5.31. The standard InChI is InChI=1S/C15H24ClNO/c1-4-10-17-15(9-8-12(2)18-3)13-6-5-7-14(16)11-13/h5-7,11-12,15,17H,4,8-10H2,1-3H3. The lowest BCUT2D eigenvalue weighted by Crippen LogP contribution is -2.23. The SMILES string of the molecule is CCCNC(CCC(C)OC)c1cccc(Cl)c1. The number of ether oxygens (including phenoxy) is 1. The first-order valence-electron chi connectivity index (χ1n) is 6.69. The molecule has 0 aliphatic heterocycles. The van der Waals surface area contributed by atoms with Crippen LogP contribution in [0.15, 0.2) is 24.3 Å². The normalized spacial score (nSPS) is 14.4. The van der Waals surface area contributed by atoms with Gasteiger partial charge >= 0.3 is 0 Å². The van der Waals surface area contributed by atoms with Crippen molar-refractivity contribution >= 4 is 11.6 Å². The summed E-state index contributed by atoms with van der Waals surface area (Å²) in [6, 6.07) is 8.47. The van der Waals surface area contributed by atoms with Gasteiger partial charge in [0.25, 0.3) is 0 Å². The summed E-state index contributed by atoms with van der Waals surface area (Å²) in [4.78, 5) is 0. The molecule has 102 valence electrons. The van der Waals surface area contributed by atoms with Gasteiger partial charge in [-0.15, -0.1) is 0 Å². The number of benzene rings is 1. The summed E-state index contributed by atoms with van der Waals surface area (Å²) in [6.07, 6.45) is 3.55. The van der Waals surface area contributed by atoms with Gasteiger partial charge in [0.05, 0.1) is 6.10 Å². The van der Waals surface area contributed by atoms with E-state index in [4.69, 9.17) is 16.3 Å². The summed E-state index contributed by atoms with van der Waals surface area (Å²) >= 11 is 6.06. The molecule has 1 N–H and O–H groups in total. The molecular formula is C15H24ClNO. The third-order valence-corrected chi connectivity index (χ3v) is 3.39. The minimum Gasteiger partial charge on any atom is -0.382 e. The van der Waals surface area contributed by atoms with Crippen molar-refractivity contribution in [2.45, 2.75) is 45.3 Å². The van der Waals surface area contributed by atoms with E-state index in [9.17, 15) is 0 Å². The Morgan fingerprint density at radius 2 is 2.11 bits per heavy atom. The van der Waals surface area contributed by atoms with Gasteiger partial charge < -0.3 is 10.1 Å². The van der Waals surface area contributed by atoms with Gasteiger partial charge in [0.1, 0.15) is 0 Å². The molecule has 2 unspecified atom stereocenters. The van der Waals surface area contributed by atoms with Crippen LogP contribution in [0.1, 0.15) is 44.7 Å². The second-order valence-electron chi connectivity index (χ2n) is 4.69. The third kappa shape index (κ3) is 5.38. The quantitative estimate of drug-likeness (QED) is 0.764. The van der Waals surface area contributed by atoms with Crippen molar-refractivity contribution in [2.24, 2.45) is 0 Å². The average Bonchev–Trinajstić information content (AvgIpc) is 2.38. The second-order valence-corrected chi connectivity index (χ2v) is 5.12. The fourth-order valence-electron chi connectivity index (χ4n) is 1.95. The molecular weight excluding hydrogens is 246 g/mol.